The fourth-order valence-electron chi connectivity index (χ4n) is 3.22. The minimum absolute atomic E-state index is 0.145. The van der Waals surface area contributed by atoms with Crippen LogP contribution in [0.25, 0.3) is 0 Å². The lowest BCUT2D eigenvalue weighted by Crippen LogP contribution is -2.50. The average molecular weight is 374 g/mol. The summed E-state index contributed by atoms with van der Waals surface area (Å²) in [6.07, 6.45) is 4.79. The number of amides is 1. The SMILES string of the molecule is COc1ccc(CCC(=O)OCC(=O)NC2(C#N)CCCCC2)cc1OC. The van der Waals surface area contributed by atoms with Crippen LogP contribution in [0.15, 0.2) is 18.2 Å². The van der Waals surface area contributed by atoms with Gasteiger partial charge in [0.05, 0.1) is 20.3 Å². The number of nitrogens with one attached hydrogen (secondary N) is 1. The Labute approximate surface area is 159 Å². The highest BCUT2D eigenvalue weighted by Crippen LogP contribution is 2.28. The number of rotatable bonds is 8. The van der Waals surface area contributed by atoms with Crippen LogP contribution in [0.3, 0.4) is 0 Å². The molecule has 1 N–H and O–H groups in total. The van der Waals surface area contributed by atoms with Crippen LogP contribution < -0.4 is 14.8 Å². The van der Waals surface area contributed by atoms with Crippen LogP contribution in [0.5, 0.6) is 11.5 Å². The Bertz CT molecular complexity index is 705. The van der Waals surface area contributed by atoms with Gasteiger partial charge in [-0.3, -0.25) is 9.59 Å². The maximum absolute atomic E-state index is 12.0. The number of benzene rings is 1. The summed E-state index contributed by atoms with van der Waals surface area (Å²) in [5, 5.41) is 12.1. The van der Waals surface area contributed by atoms with Crippen LogP contribution >= 0.6 is 0 Å². The van der Waals surface area contributed by atoms with Gasteiger partial charge in [-0.25, -0.2) is 0 Å². The van der Waals surface area contributed by atoms with Gasteiger partial charge in [0.25, 0.3) is 5.91 Å². The van der Waals surface area contributed by atoms with E-state index in [0.717, 1.165) is 24.8 Å². The largest absolute Gasteiger partial charge is 0.493 e. The van der Waals surface area contributed by atoms with Crippen molar-refractivity contribution in [1.82, 2.24) is 5.32 Å². The van der Waals surface area contributed by atoms with Crippen molar-refractivity contribution in [3.63, 3.8) is 0 Å². The number of hydrogen-bond acceptors (Lipinski definition) is 6. The highest BCUT2D eigenvalue weighted by molar-refractivity contribution is 5.81. The summed E-state index contributed by atoms with van der Waals surface area (Å²) in [6, 6.07) is 7.64. The number of nitrogens with zero attached hydrogens (tertiary/aromatic N) is 1. The molecule has 0 spiro atoms. The van der Waals surface area contributed by atoms with Crippen LogP contribution in [0.4, 0.5) is 0 Å². The summed E-state index contributed by atoms with van der Waals surface area (Å²) in [5.74, 6) is 0.319. The fraction of sp³-hybridized carbons (Fsp3) is 0.550. The first kappa shape index (κ1) is 20.6. The second kappa shape index (κ2) is 9.81. The monoisotopic (exact) mass is 374 g/mol. The van der Waals surface area contributed by atoms with Gasteiger partial charge in [0, 0.05) is 6.42 Å². The number of hydrogen-bond donors (Lipinski definition) is 1. The molecule has 0 bridgehead atoms. The number of esters is 1. The number of aryl methyl sites for hydroxylation is 1. The summed E-state index contributed by atoms with van der Waals surface area (Å²) < 4.78 is 15.5. The van der Waals surface area contributed by atoms with Crippen molar-refractivity contribution in [1.29, 1.82) is 5.26 Å². The summed E-state index contributed by atoms with van der Waals surface area (Å²) in [4.78, 5) is 24.0. The second-order valence-electron chi connectivity index (χ2n) is 6.65. The smallest absolute Gasteiger partial charge is 0.306 e. The molecule has 0 aromatic heterocycles. The van der Waals surface area contributed by atoms with E-state index >= 15 is 0 Å². The van der Waals surface area contributed by atoms with Gasteiger partial charge in [-0.15, -0.1) is 0 Å². The molecule has 0 atom stereocenters. The third kappa shape index (κ3) is 5.88. The molecule has 7 nitrogen and oxygen atoms in total. The second-order valence-corrected chi connectivity index (χ2v) is 6.65. The third-order valence-corrected chi connectivity index (χ3v) is 4.73. The Balaban J connectivity index is 1.77. The van der Waals surface area contributed by atoms with Crippen molar-refractivity contribution >= 4 is 11.9 Å². The molecule has 1 aromatic rings. The predicted octanol–water partition coefficient (Wildman–Crippen LogP) is 2.52. The lowest BCUT2D eigenvalue weighted by molar-refractivity contribution is -0.149. The van der Waals surface area contributed by atoms with Crippen LogP contribution in [0.2, 0.25) is 0 Å². The summed E-state index contributed by atoms with van der Waals surface area (Å²) >= 11 is 0. The average Bonchev–Trinajstić information content (AvgIpc) is 2.71. The van der Waals surface area contributed by atoms with E-state index in [4.69, 9.17) is 14.2 Å². The lowest BCUT2D eigenvalue weighted by atomic mass is 9.83. The Morgan fingerprint density at radius 2 is 1.85 bits per heavy atom. The molecule has 7 heteroatoms. The quantitative estimate of drug-likeness (QED) is 0.702. The molecule has 0 heterocycles. The van der Waals surface area contributed by atoms with Crippen LogP contribution in [0.1, 0.15) is 44.1 Å². The Morgan fingerprint density at radius 3 is 2.48 bits per heavy atom. The lowest BCUT2D eigenvalue weighted by Gasteiger charge is -2.31. The van der Waals surface area contributed by atoms with Crippen LogP contribution in [-0.4, -0.2) is 38.2 Å². The molecule has 1 aliphatic carbocycles. The van der Waals surface area contributed by atoms with Gasteiger partial charge >= 0.3 is 5.97 Å². The number of carbonyl (C=O) groups excluding carboxylic acids is 2. The summed E-state index contributed by atoms with van der Waals surface area (Å²) in [6.45, 7) is -0.367. The predicted molar refractivity (Wildman–Crippen MR) is 98.4 cm³/mol. The van der Waals surface area contributed by atoms with Gasteiger partial charge < -0.3 is 19.5 Å². The van der Waals surface area contributed by atoms with E-state index in [0.29, 0.717) is 30.8 Å². The van der Waals surface area contributed by atoms with E-state index < -0.39 is 17.4 Å². The summed E-state index contributed by atoms with van der Waals surface area (Å²) in [7, 11) is 3.11. The maximum atomic E-state index is 12.0. The molecule has 0 radical (unpaired) electrons. The zero-order chi connectivity index (χ0) is 19.7. The first-order valence-corrected chi connectivity index (χ1v) is 9.11. The van der Waals surface area contributed by atoms with Crippen molar-refractivity contribution in [3.05, 3.63) is 23.8 Å². The summed E-state index contributed by atoms with van der Waals surface area (Å²) in [5.41, 5.74) is 0.0844. The van der Waals surface area contributed by atoms with Crippen molar-refractivity contribution in [3.8, 4) is 17.6 Å². The number of carbonyl (C=O) groups is 2. The van der Waals surface area contributed by atoms with Gasteiger partial charge in [0.15, 0.2) is 18.1 Å². The molecule has 0 aliphatic heterocycles. The molecule has 1 saturated carbocycles. The van der Waals surface area contributed by atoms with Gasteiger partial charge in [0.2, 0.25) is 0 Å². The van der Waals surface area contributed by atoms with E-state index in [-0.39, 0.29) is 13.0 Å². The number of nitriles is 1. The van der Waals surface area contributed by atoms with Gasteiger partial charge in [0.1, 0.15) is 5.54 Å². The van der Waals surface area contributed by atoms with E-state index in [1.54, 1.807) is 26.4 Å². The highest BCUT2D eigenvalue weighted by atomic mass is 16.5. The van der Waals surface area contributed by atoms with Gasteiger partial charge in [-0.1, -0.05) is 25.3 Å². The van der Waals surface area contributed by atoms with Crippen LogP contribution in [-0.2, 0) is 20.7 Å². The van der Waals surface area contributed by atoms with E-state index in [9.17, 15) is 14.9 Å². The van der Waals surface area contributed by atoms with Crippen molar-refractivity contribution in [2.45, 2.75) is 50.5 Å². The topological polar surface area (TPSA) is 97.6 Å². The van der Waals surface area contributed by atoms with E-state index in [1.165, 1.54) is 0 Å². The maximum Gasteiger partial charge on any atom is 0.306 e. The first-order valence-electron chi connectivity index (χ1n) is 9.11. The standard InChI is InChI=1S/C20H26N2O5/c1-25-16-8-6-15(12-17(16)26-2)7-9-19(24)27-13-18(23)22-20(14-21)10-4-3-5-11-20/h6,8,12H,3-5,7,9-11,13H2,1-2H3,(H,22,23). The highest BCUT2D eigenvalue weighted by Gasteiger charge is 2.33. The van der Waals surface area contributed by atoms with Gasteiger partial charge in [-0.05, 0) is 37.0 Å². The molecule has 1 aromatic carbocycles. The van der Waals surface area contributed by atoms with E-state index in [2.05, 4.69) is 11.4 Å². The minimum atomic E-state index is -0.818. The molecule has 1 amide bonds. The zero-order valence-electron chi connectivity index (χ0n) is 15.9. The normalized spacial score (nSPS) is 15.3. The molecule has 2 rings (SSSR count). The van der Waals surface area contributed by atoms with Crippen molar-refractivity contribution < 1.29 is 23.8 Å². The van der Waals surface area contributed by atoms with Crippen molar-refractivity contribution in [2.75, 3.05) is 20.8 Å². The minimum Gasteiger partial charge on any atom is -0.493 e. The molecular weight excluding hydrogens is 348 g/mol. The molecule has 146 valence electrons. The molecule has 27 heavy (non-hydrogen) atoms. The Hall–Kier alpha value is -2.75. The Kier molecular flexibility index (Phi) is 7.47. The molecule has 0 unspecified atom stereocenters. The van der Waals surface area contributed by atoms with Crippen molar-refractivity contribution in [2.24, 2.45) is 0 Å². The molecule has 1 aliphatic rings. The third-order valence-electron chi connectivity index (χ3n) is 4.73. The zero-order valence-corrected chi connectivity index (χ0v) is 15.9. The number of methoxy groups -OCH3 is 2. The molecular formula is C20H26N2O5. The van der Waals surface area contributed by atoms with Crippen LogP contribution in [0, 0.1) is 11.3 Å². The molecule has 0 saturated heterocycles. The Morgan fingerprint density at radius 1 is 1.15 bits per heavy atom. The molecule has 1 fully saturated rings. The fourth-order valence-corrected chi connectivity index (χ4v) is 3.22. The van der Waals surface area contributed by atoms with Gasteiger partial charge in [-0.2, -0.15) is 5.26 Å². The number of ether oxygens (including phenoxy) is 3. The first-order chi connectivity index (χ1) is 13.0. The van der Waals surface area contributed by atoms with E-state index in [1.807, 2.05) is 6.07 Å².